The molecule has 0 radical (unpaired) electrons. The molecule has 11 heteroatoms. The maximum absolute atomic E-state index is 13.4. The third-order valence-corrected chi connectivity index (χ3v) is 6.12. The summed E-state index contributed by atoms with van der Waals surface area (Å²) < 4.78 is 26.0. The number of hydrogen-bond acceptors (Lipinski definition) is 7. The van der Waals surface area contributed by atoms with Gasteiger partial charge in [-0.05, 0) is 24.1 Å². The van der Waals surface area contributed by atoms with E-state index in [1.807, 2.05) is 0 Å². The molecule has 2 N–H and O–H groups in total. The maximum Gasteiger partial charge on any atom is 0.434 e. The van der Waals surface area contributed by atoms with Crippen molar-refractivity contribution in [2.24, 2.45) is 4.99 Å². The molecule has 0 aliphatic carbocycles. The summed E-state index contributed by atoms with van der Waals surface area (Å²) in [6.07, 6.45) is 2.06. The third kappa shape index (κ3) is 3.93. The Kier molecular flexibility index (Phi) is 5.77. The summed E-state index contributed by atoms with van der Waals surface area (Å²) in [4.78, 5) is 44.8. The summed E-state index contributed by atoms with van der Waals surface area (Å²) in [5.74, 6) is -3.05. The molecule has 1 aromatic rings. The van der Waals surface area contributed by atoms with Gasteiger partial charge in [-0.15, -0.1) is 4.58 Å². The number of halogens is 1. The van der Waals surface area contributed by atoms with Crippen molar-refractivity contribution in [1.82, 2.24) is 10.2 Å². The van der Waals surface area contributed by atoms with Gasteiger partial charge in [0.25, 0.3) is 23.3 Å². The molecule has 1 aromatic carbocycles. The second kappa shape index (κ2) is 8.91. The number of amides is 3. The predicted molar refractivity (Wildman–Crippen MR) is 120 cm³/mol. The Bertz CT molecular complexity index is 1290. The number of nitrogens with one attached hydrogen (secondary N) is 1. The molecule has 1 unspecified atom stereocenters. The number of benzene rings is 1. The summed E-state index contributed by atoms with van der Waals surface area (Å²) in [6, 6.07) is 5.89. The lowest BCUT2D eigenvalue weighted by Crippen LogP contribution is -2.52. The summed E-state index contributed by atoms with van der Waals surface area (Å²) >= 11 is 0. The summed E-state index contributed by atoms with van der Waals surface area (Å²) in [6.45, 7) is 1.49. The number of ether oxygens (including phenoxy) is 2. The van der Waals surface area contributed by atoms with Crippen molar-refractivity contribution in [2.45, 2.75) is 12.5 Å². The van der Waals surface area contributed by atoms with E-state index >= 15 is 0 Å². The SMILES string of the molecule is CNC(=O)C1=C(O)C2=NC=C(Cc3ccc(F)cc3)C3OC(C(=O)N4CCOCC4)=C[N+](=C23)C1=O. The van der Waals surface area contributed by atoms with E-state index in [-0.39, 0.29) is 23.0 Å². The molecule has 180 valence electrons. The van der Waals surface area contributed by atoms with Crippen molar-refractivity contribution in [1.29, 1.82) is 0 Å². The first kappa shape index (κ1) is 22.7. The van der Waals surface area contributed by atoms with Crippen LogP contribution < -0.4 is 5.32 Å². The van der Waals surface area contributed by atoms with Crippen LogP contribution in [0.3, 0.4) is 0 Å². The van der Waals surface area contributed by atoms with Crippen molar-refractivity contribution in [3.05, 3.63) is 70.7 Å². The number of aliphatic hydroxyl groups excluding tert-OH is 1. The Balaban J connectivity index is 1.60. The van der Waals surface area contributed by atoms with Crippen LogP contribution in [0.15, 0.2) is 64.3 Å². The van der Waals surface area contributed by atoms with Gasteiger partial charge in [-0.2, -0.15) is 0 Å². The monoisotopic (exact) mass is 481 g/mol. The van der Waals surface area contributed by atoms with E-state index in [0.29, 0.717) is 38.3 Å². The largest absolute Gasteiger partial charge is 0.504 e. The average molecular weight is 481 g/mol. The molecule has 4 heterocycles. The summed E-state index contributed by atoms with van der Waals surface area (Å²) in [5, 5.41) is 13.1. The highest BCUT2D eigenvalue weighted by Gasteiger charge is 2.52. The fourth-order valence-electron chi connectivity index (χ4n) is 4.32. The minimum absolute atomic E-state index is 0.00479. The van der Waals surface area contributed by atoms with Crippen molar-refractivity contribution in [3.63, 3.8) is 0 Å². The molecule has 4 aliphatic heterocycles. The van der Waals surface area contributed by atoms with Crippen LogP contribution in [0.4, 0.5) is 4.39 Å². The van der Waals surface area contributed by atoms with Gasteiger partial charge >= 0.3 is 5.91 Å². The normalized spacial score (nSPS) is 21.5. The van der Waals surface area contributed by atoms with Gasteiger partial charge < -0.3 is 24.8 Å². The van der Waals surface area contributed by atoms with Crippen molar-refractivity contribution in [3.8, 4) is 0 Å². The van der Waals surface area contributed by atoms with Crippen LogP contribution in [0.5, 0.6) is 0 Å². The van der Waals surface area contributed by atoms with Crippen LogP contribution in [-0.4, -0.2) is 83.2 Å². The number of nitrogens with zero attached hydrogens (tertiary/aromatic N) is 3. The number of carbonyl (C=O) groups excluding carboxylic acids is 3. The highest BCUT2D eigenvalue weighted by molar-refractivity contribution is 6.52. The number of aliphatic hydroxyl groups is 1. The molecule has 0 bridgehead atoms. The van der Waals surface area contributed by atoms with E-state index in [2.05, 4.69) is 10.3 Å². The van der Waals surface area contributed by atoms with Crippen molar-refractivity contribution in [2.75, 3.05) is 33.4 Å². The van der Waals surface area contributed by atoms with Gasteiger partial charge in [-0.25, -0.2) is 14.2 Å². The number of allylic oxidation sites excluding steroid dienone is 1. The first-order chi connectivity index (χ1) is 16.9. The van der Waals surface area contributed by atoms with Gasteiger partial charge in [0.2, 0.25) is 12.3 Å². The van der Waals surface area contributed by atoms with E-state index in [0.717, 1.165) is 10.1 Å². The fraction of sp³-hybridized carbons (Fsp3) is 0.292. The number of likely N-dealkylation sites (N-methyl/N-ethyl adjacent to an activating group) is 1. The summed E-state index contributed by atoms with van der Waals surface area (Å²) in [7, 11) is 1.34. The van der Waals surface area contributed by atoms with E-state index in [4.69, 9.17) is 9.47 Å². The van der Waals surface area contributed by atoms with Gasteiger partial charge in [-0.3, -0.25) is 9.59 Å². The van der Waals surface area contributed by atoms with Crippen LogP contribution in [0.1, 0.15) is 5.56 Å². The van der Waals surface area contributed by atoms with Crippen molar-refractivity contribution < 1.29 is 37.9 Å². The highest BCUT2D eigenvalue weighted by Crippen LogP contribution is 2.31. The van der Waals surface area contributed by atoms with Gasteiger partial charge in [0, 0.05) is 31.9 Å². The lowest BCUT2D eigenvalue weighted by molar-refractivity contribution is -0.385. The van der Waals surface area contributed by atoms with Gasteiger partial charge in [0.15, 0.2) is 17.0 Å². The molecule has 0 aromatic heterocycles. The molecule has 1 atom stereocenters. The smallest absolute Gasteiger partial charge is 0.434 e. The summed E-state index contributed by atoms with van der Waals surface area (Å²) in [5.41, 5.74) is 1.07. The van der Waals surface area contributed by atoms with E-state index in [1.54, 1.807) is 17.0 Å². The zero-order valence-corrected chi connectivity index (χ0v) is 18.8. The Morgan fingerprint density at radius 2 is 1.97 bits per heavy atom. The topological polar surface area (TPSA) is 121 Å². The fourth-order valence-corrected chi connectivity index (χ4v) is 4.32. The first-order valence-corrected chi connectivity index (χ1v) is 11.0. The van der Waals surface area contributed by atoms with Crippen molar-refractivity contribution >= 4 is 29.1 Å². The van der Waals surface area contributed by atoms with E-state index < -0.39 is 35.2 Å². The molecule has 35 heavy (non-hydrogen) atoms. The Morgan fingerprint density at radius 1 is 1.26 bits per heavy atom. The van der Waals surface area contributed by atoms with Crippen LogP contribution in [0.25, 0.3) is 0 Å². The molecule has 3 amide bonds. The second-order valence-corrected chi connectivity index (χ2v) is 8.24. The lowest BCUT2D eigenvalue weighted by atomic mass is 9.89. The van der Waals surface area contributed by atoms with Crippen LogP contribution in [-0.2, 0) is 30.3 Å². The average Bonchev–Trinajstić information content (AvgIpc) is 2.88. The predicted octanol–water partition coefficient (Wildman–Crippen LogP) is 0.358. The zero-order valence-electron chi connectivity index (χ0n) is 18.8. The van der Waals surface area contributed by atoms with Crippen LogP contribution in [0.2, 0.25) is 0 Å². The molecular weight excluding hydrogens is 459 g/mol. The zero-order chi connectivity index (χ0) is 24.7. The van der Waals surface area contributed by atoms with Crippen LogP contribution >= 0.6 is 0 Å². The molecule has 4 aliphatic rings. The number of aliphatic imine (C=N–C) groups is 1. The lowest BCUT2D eigenvalue weighted by Gasteiger charge is -2.32. The minimum atomic E-state index is -0.935. The standard InChI is InChI=1S/C24H21FN4O6/c1-26-22(31)17-20(30)18-19-21(14(11-27-18)10-13-2-4-15(25)5-3-13)35-16(12-29(19)24(17)33)23(32)28-6-8-34-9-7-28/h2-5,11-12,21H,6-10H2,1H3,(H-,26,30,31,33)/p+1. The minimum Gasteiger partial charge on any atom is -0.504 e. The Morgan fingerprint density at radius 3 is 2.66 bits per heavy atom. The molecular formula is C24H22FN4O6+. The number of rotatable bonds is 4. The maximum atomic E-state index is 13.4. The quantitative estimate of drug-likeness (QED) is 0.473. The van der Waals surface area contributed by atoms with Gasteiger partial charge in [0.05, 0.1) is 13.2 Å². The van der Waals surface area contributed by atoms with Gasteiger partial charge in [0.1, 0.15) is 5.82 Å². The third-order valence-electron chi connectivity index (χ3n) is 6.12. The Hall–Kier alpha value is -4.12. The molecule has 1 saturated heterocycles. The van der Waals surface area contributed by atoms with Gasteiger partial charge in [-0.1, -0.05) is 12.1 Å². The number of carbonyl (C=O) groups is 3. The number of morpholine rings is 1. The molecule has 1 fully saturated rings. The first-order valence-electron chi connectivity index (χ1n) is 11.0. The molecule has 0 saturated carbocycles. The van der Waals surface area contributed by atoms with E-state index in [1.165, 1.54) is 31.6 Å². The van der Waals surface area contributed by atoms with E-state index in [9.17, 15) is 23.9 Å². The molecule has 5 rings (SSSR count). The molecule has 10 nitrogen and oxygen atoms in total. The van der Waals surface area contributed by atoms with Crippen LogP contribution in [0, 0.1) is 5.82 Å². The Labute approximate surface area is 199 Å². The second-order valence-electron chi connectivity index (χ2n) is 8.24. The highest BCUT2D eigenvalue weighted by atomic mass is 19.1. The molecule has 0 spiro atoms. The number of hydrogen-bond donors (Lipinski definition) is 2.